The van der Waals surface area contributed by atoms with Crippen molar-refractivity contribution < 1.29 is 27.4 Å². The first-order valence-corrected chi connectivity index (χ1v) is 12.7. The van der Waals surface area contributed by atoms with Gasteiger partial charge in [-0.05, 0) is 68.0 Å². The van der Waals surface area contributed by atoms with Crippen molar-refractivity contribution in [3.8, 4) is 11.5 Å². The number of nitrogens with one attached hydrogen (secondary N) is 1. The number of rotatable bonds is 7. The van der Waals surface area contributed by atoms with E-state index in [2.05, 4.69) is 11.4 Å². The van der Waals surface area contributed by atoms with Crippen molar-refractivity contribution in [2.24, 2.45) is 0 Å². The molecule has 178 valence electrons. The highest BCUT2D eigenvalue weighted by atomic mass is 32.2. The van der Waals surface area contributed by atoms with Crippen LogP contribution in [0.15, 0.2) is 41.3 Å². The van der Waals surface area contributed by atoms with Gasteiger partial charge in [0.15, 0.2) is 6.10 Å². The summed E-state index contributed by atoms with van der Waals surface area (Å²) in [6.45, 7) is 2.92. The molecule has 1 N–H and O–H groups in total. The van der Waals surface area contributed by atoms with Gasteiger partial charge in [0.25, 0.3) is 5.91 Å². The quantitative estimate of drug-likeness (QED) is 0.663. The Morgan fingerprint density at radius 3 is 2.61 bits per heavy atom. The third-order valence-corrected chi connectivity index (χ3v) is 7.96. The van der Waals surface area contributed by atoms with Crippen LogP contribution in [0.5, 0.6) is 11.5 Å². The van der Waals surface area contributed by atoms with Gasteiger partial charge in [-0.15, -0.1) is 0 Å². The molecule has 1 amide bonds. The third kappa shape index (κ3) is 5.15. The summed E-state index contributed by atoms with van der Waals surface area (Å²) in [5.41, 5.74) is 2.81. The zero-order valence-corrected chi connectivity index (χ0v) is 19.8. The Kier molecular flexibility index (Phi) is 7.21. The minimum atomic E-state index is -3.80. The second-order valence-electron chi connectivity index (χ2n) is 8.23. The molecule has 0 saturated carbocycles. The molecule has 8 nitrogen and oxygen atoms in total. The maximum Gasteiger partial charge on any atom is 0.265 e. The van der Waals surface area contributed by atoms with Gasteiger partial charge in [-0.2, -0.15) is 4.31 Å². The molecular formula is C24H30N2O6S. The highest BCUT2D eigenvalue weighted by molar-refractivity contribution is 7.89. The fraction of sp³-hybridized carbons (Fsp3) is 0.458. The average molecular weight is 475 g/mol. The summed E-state index contributed by atoms with van der Waals surface area (Å²) >= 11 is 0. The molecule has 1 fully saturated rings. The van der Waals surface area contributed by atoms with Crippen molar-refractivity contribution in [2.45, 2.75) is 43.6 Å². The van der Waals surface area contributed by atoms with Gasteiger partial charge in [-0.1, -0.05) is 12.1 Å². The van der Waals surface area contributed by atoms with Crippen LogP contribution in [0.4, 0.5) is 5.69 Å². The molecule has 1 aliphatic heterocycles. The largest absolute Gasteiger partial charge is 0.495 e. The number of anilines is 1. The lowest BCUT2D eigenvalue weighted by Gasteiger charge is -2.27. The Bertz CT molecular complexity index is 1110. The van der Waals surface area contributed by atoms with Crippen molar-refractivity contribution in [2.75, 3.05) is 38.7 Å². The van der Waals surface area contributed by atoms with Crippen LogP contribution in [0, 0.1) is 0 Å². The second-order valence-corrected chi connectivity index (χ2v) is 10.1. The third-order valence-electron chi connectivity index (χ3n) is 6.04. The van der Waals surface area contributed by atoms with E-state index in [1.54, 1.807) is 19.1 Å². The van der Waals surface area contributed by atoms with E-state index >= 15 is 0 Å². The molecule has 1 aliphatic carbocycles. The number of nitrogens with zero attached hydrogens (tertiary/aromatic N) is 1. The smallest absolute Gasteiger partial charge is 0.265 e. The Hall–Kier alpha value is -2.62. The average Bonchev–Trinajstić information content (AvgIpc) is 2.84. The van der Waals surface area contributed by atoms with E-state index in [0.717, 1.165) is 25.0 Å². The maximum absolute atomic E-state index is 13.2. The molecule has 1 saturated heterocycles. The summed E-state index contributed by atoms with van der Waals surface area (Å²) in [5, 5.41) is 2.78. The number of benzene rings is 2. The van der Waals surface area contributed by atoms with Crippen molar-refractivity contribution in [3.05, 3.63) is 47.5 Å². The number of morpholine rings is 1. The summed E-state index contributed by atoms with van der Waals surface area (Å²) in [6.07, 6.45) is 3.50. The number of amides is 1. The molecule has 0 spiro atoms. The number of aryl methyl sites for hydroxylation is 1. The lowest BCUT2D eigenvalue weighted by molar-refractivity contribution is -0.122. The Labute approximate surface area is 194 Å². The predicted octanol–water partition coefficient (Wildman–Crippen LogP) is 3.00. The molecule has 0 bridgehead atoms. The van der Waals surface area contributed by atoms with E-state index in [-0.39, 0.29) is 29.6 Å². The Balaban J connectivity index is 1.51. The predicted molar refractivity (Wildman–Crippen MR) is 124 cm³/mol. The molecule has 2 aliphatic rings. The van der Waals surface area contributed by atoms with Gasteiger partial charge in [0.05, 0.1) is 20.3 Å². The fourth-order valence-corrected chi connectivity index (χ4v) is 5.82. The molecule has 4 rings (SSSR count). The van der Waals surface area contributed by atoms with E-state index in [0.29, 0.717) is 18.9 Å². The van der Waals surface area contributed by atoms with Crippen LogP contribution in [-0.2, 0) is 32.4 Å². The number of ether oxygens (including phenoxy) is 3. The van der Waals surface area contributed by atoms with Crippen molar-refractivity contribution in [3.63, 3.8) is 0 Å². The number of methoxy groups -OCH3 is 1. The minimum absolute atomic E-state index is 0.00963. The lowest BCUT2D eigenvalue weighted by atomic mass is 9.91. The SMILES string of the molecule is COc1ccc(NC(=O)[C@@H](C)Oc2cccc3c2CCCC3)cc1S(=O)(=O)N1CCOCC1. The number of carbonyl (C=O) groups is 1. The first-order chi connectivity index (χ1) is 15.9. The zero-order valence-electron chi connectivity index (χ0n) is 19.0. The van der Waals surface area contributed by atoms with Crippen LogP contribution < -0.4 is 14.8 Å². The van der Waals surface area contributed by atoms with Gasteiger partial charge in [-0.25, -0.2) is 8.42 Å². The molecule has 0 radical (unpaired) electrons. The molecule has 33 heavy (non-hydrogen) atoms. The Morgan fingerprint density at radius 2 is 1.85 bits per heavy atom. The highest BCUT2D eigenvalue weighted by Crippen LogP contribution is 2.32. The number of fused-ring (bicyclic) bond motifs is 1. The molecule has 2 aromatic carbocycles. The molecular weight excluding hydrogens is 444 g/mol. The van der Waals surface area contributed by atoms with Crippen LogP contribution >= 0.6 is 0 Å². The monoisotopic (exact) mass is 474 g/mol. The first kappa shape index (κ1) is 23.5. The summed E-state index contributed by atoms with van der Waals surface area (Å²) in [5.74, 6) is 0.600. The van der Waals surface area contributed by atoms with Gasteiger partial charge in [-0.3, -0.25) is 4.79 Å². The molecule has 1 atom stereocenters. The van der Waals surface area contributed by atoms with Crippen LogP contribution in [0.25, 0.3) is 0 Å². The Morgan fingerprint density at radius 1 is 1.09 bits per heavy atom. The topological polar surface area (TPSA) is 94.2 Å². The van der Waals surface area contributed by atoms with Crippen LogP contribution in [-0.4, -0.2) is 58.1 Å². The van der Waals surface area contributed by atoms with Gasteiger partial charge >= 0.3 is 0 Å². The van der Waals surface area contributed by atoms with Crippen LogP contribution in [0.3, 0.4) is 0 Å². The summed E-state index contributed by atoms with van der Waals surface area (Å²) in [7, 11) is -2.38. The van der Waals surface area contributed by atoms with Gasteiger partial charge < -0.3 is 19.5 Å². The van der Waals surface area contributed by atoms with E-state index in [1.165, 1.54) is 35.0 Å². The summed E-state index contributed by atoms with van der Waals surface area (Å²) in [6, 6.07) is 10.6. The van der Waals surface area contributed by atoms with E-state index in [1.807, 2.05) is 12.1 Å². The van der Waals surface area contributed by atoms with Crippen molar-refractivity contribution >= 4 is 21.6 Å². The summed E-state index contributed by atoms with van der Waals surface area (Å²) in [4.78, 5) is 12.9. The van der Waals surface area contributed by atoms with Crippen molar-refractivity contribution in [1.82, 2.24) is 4.31 Å². The number of sulfonamides is 1. The molecule has 9 heteroatoms. The van der Waals surface area contributed by atoms with E-state index < -0.39 is 16.1 Å². The fourth-order valence-electron chi connectivity index (χ4n) is 4.23. The van der Waals surface area contributed by atoms with Crippen LogP contribution in [0.2, 0.25) is 0 Å². The lowest BCUT2D eigenvalue weighted by Crippen LogP contribution is -2.40. The van der Waals surface area contributed by atoms with Gasteiger partial charge in [0.1, 0.15) is 16.4 Å². The minimum Gasteiger partial charge on any atom is -0.495 e. The van der Waals surface area contributed by atoms with Gasteiger partial charge in [0, 0.05) is 18.8 Å². The highest BCUT2D eigenvalue weighted by Gasteiger charge is 2.30. The zero-order chi connectivity index (χ0) is 23.4. The maximum atomic E-state index is 13.2. The normalized spacial score (nSPS) is 17.6. The first-order valence-electron chi connectivity index (χ1n) is 11.2. The molecule has 2 aromatic rings. The van der Waals surface area contributed by atoms with Gasteiger partial charge in [0.2, 0.25) is 10.0 Å². The number of hydrogen-bond acceptors (Lipinski definition) is 6. The number of carbonyl (C=O) groups excluding carboxylic acids is 1. The van der Waals surface area contributed by atoms with E-state index in [4.69, 9.17) is 14.2 Å². The molecule has 1 heterocycles. The second kappa shape index (κ2) is 10.1. The molecule has 0 aromatic heterocycles. The number of hydrogen-bond donors (Lipinski definition) is 1. The van der Waals surface area contributed by atoms with E-state index in [9.17, 15) is 13.2 Å². The summed E-state index contributed by atoms with van der Waals surface area (Å²) < 4.78 is 44.3. The van der Waals surface area contributed by atoms with Crippen LogP contribution in [0.1, 0.15) is 30.9 Å². The standard InChI is InChI=1S/C24H30N2O6S/c1-17(32-21-9-5-7-18-6-3-4-8-20(18)21)24(27)25-19-10-11-22(30-2)23(16-19)33(28,29)26-12-14-31-15-13-26/h5,7,9-11,16-17H,3-4,6,8,12-15H2,1-2H3,(H,25,27)/t17-/m1/s1. The van der Waals surface area contributed by atoms with Crippen molar-refractivity contribution in [1.29, 1.82) is 0 Å². The molecule has 0 unspecified atom stereocenters.